The van der Waals surface area contributed by atoms with Crippen molar-refractivity contribution in [1.82, 2.24) is 19.7 Å². The van der Waals surface area contributed by atoms with Crippen LogP contribution >= 0.6 is 11.6 Å². The van der Waals surface area contributed by atoms with Gasteiger partial charge in [0.15, 0.2) is 0 Å². The number of sulfonamides is 1. The summed E-state index contributed by atoms with van der Waals surface area (Å²) >= 11 is 6.36. The molecule has 10 nitrogen and oxygen atoms in total. The number of nitrogens with zero attached hydrogens (tertiary/aromatic N) is 4. The second kappa shape index (κ2) is 14.1. The van der Waals surface area contributed by atoms with Gasteiger partial charge in [0.25, 0.3) is 5.91 Å². The van der Waals surface area contributed by atoms with E-state index >= 15 is 0 Å². The van der Waals surface area contributed by atoms with Crippen molar-refractivity contribution in [3.8, 4) is 5.75 Å². The van der Waals surface area contributed by atoms with E-state index in [1.165, 1.54) is 5.56 Å². The SMILES string of the molecule is CO[C@@]1(Cn2ccnn2)CCC[C@H](C)[C@@H](C)S(=O)(=O)NC(=O)c2ccc3c(c2)N(CCCCc2cc(Cl)ccc2CO3)C[C@@H]2CC[C@H]21. The first kappa shape index (κ1) is 33.7. The lowest BCUT2D eigenvalue weighted by Gasteiger charge is -2.51. The number of rotatable bonds is 3. The molecule has 0 spiro atoms. The zero-order valence-corrected chi connectivity index (χ0v) is 29.1. The van der Waals surface area contributed by atoms with Crippen molar-refractivity contribution >= 4 is 33.2 Å². The molecule has 1 N–H and O–H groups in total. The van der Waals surface area contributed by atoms with Gasteiger partial charge in [-0.3, -0.25) is 4.79 Å². The third-order valence-electron chi connectivity index (χ3n) is 10.9. The Morgan fingerprint density at radius 2 is 1.94 bits per heavy atom. The fourth-order valence-corrected chi connectivity index (χ4v) is 9.18. The molecule has 2 bridgehead atoms. The molecule has 3 heterocycles. The van der Waals surface area contributed by atoms with Crippen LogP contribution in [0.1, 0.15) is 80.3 Å². The number of ether oxygens (including phenoxy) is 2. The quantitative estimate of drug-likeness (QED) is 0.356. The van der Waals surface area contributed by atoms with E-state index in [0.717, 1.165) is 69.3 Å². The summed E-state index contributed by atoms with van der Waals surface area (Å²) in [6.45, 7) is 6.08. The van der Waals surface area contributed by atoms with Crippen molar-refractivity contribution in [1.29, 1.82) is 0 Å². The number of methoxy groups -OCH3 is 1. The normalized spacial score (nSPS) is 28.4. The van der Waals surface area contributed by atoms with E-state index in [0.29, 0.717) is 36.3 Å². The van der Waals surface area contributed by atoms with Crippen molar-refractivity contribution in [2.45, 2.75) is 89.2 Å². The molecule has 2 aromatic carbocycles. The minimum absolute atomic E-state index is 0.166. The van der Waals surface area contributed by atoms with Crippen molar-refractivity contribution in [3.63, 3.8) is 0 Å². The summed E-state index contributed by atoms with van der Waals surface area (Å²) in [5, 5.41) is 8.30. The highest BCUT2D eigenvalue weighted by molar-refractivity contribution is 7.90. The number of hydrogen-bond acceptors (Lipinski definition) is 8. The van der Waals surface area contributed by atoms with Crippen LogP contribution in [-0.4, -0.2) is 60.4 Å². The Hall–Kier alpha value is -3.15. The molecule has 1 amide bonds. The smallest absolute Gasteiger partial charge is 0.264 e. The summed E-state index contributed by atoms with van der Waals surface area (Å²) in [5.74, 6) is 0.476. The molecule has 1 aromatic heterocycles. The number of anilines is 1. The maximum Gasteiger partial charge on any atom is 0.264 e. The van der Waals surface area contributed by atoms with Crippen LogP contribution in [0.2, 0.25) is 5.02 Å². The molecule has 0 saturated heterocycles. The van der Waals surface area contributed by atoms with Gasteiger partial charge in [0.05, 0.1) is 29.3 Å². The predicted octanol–water partition coefficient (Wildman–Crippen LogP) is 6.03. The number of hydrogen-bond donors (Lipinski definition) is 1. The Morgan fingerprint density at radius 1 is 1.09 bits per heavy atom. The monoisotopic (exact) mass is 683 g/mol. The van der Waals surface area contributed by atoms with Gasteiger partial charge in [0.1, 0.15) is 12.4 Å². The lowest BCUT2D eigenvalue weighted by molar-refractivity contribution is -0.127. The number of aryl methyl sites for hydroxylation is 1. The molecule has 254 valence electrons. The van der Waals surface area contributed by atoms with E-state index in [1.54, 1.807) is 38.4 Å². The minimum Gasteiger partial charge on any atom is -0.487 e. The molecular weight excluding hydrogens is 638 g/mol. The van der Waals surface area contributed by atoms with E-state index in [2.05, 4.69) is 19.9 Å². The molecule has 12 heteroatoms. The number of nitrogens with one attached hydrogen (secondary N) is 1. The molecule has 2 aliphatic heterocycles. The lowest BCUT2D eigenvalue weighted by Crippen LogP contribution is -2.54. The van der Waals surface area contributed by atoms with Gasteiger partial charge in [-0.2, -0.15) is 0 Å². The Labute approximate surface area is 283 Å². The van der Waals surface area contributed by atoms with E-state index in [9.17, 15) is 13.2 Å². The van der Waals surface area contributed by atoms with Gasteiger partial charge in [-0.1, -0.05) is 36.2 Å². The molecule has 3 aliphatic rings. The van der Waals surface area contributed by atoms with Crippen molar-refractivity contribution < 1.29 is 22.7 Å². The Bertz CT molecular complexity index is 1670. The van der Waals surface area contributed by atoms with Gasteiger partial charge in [0.2, 0.25) is 10.0 Å². The standard InChI is InChI=1S/C35H46ClN5O5S/c1-24-7-6-15-35(45-3,23-41-18-16-37-39-41)31-13-10-28(31)21-40-17-5-4-8-26-19-30(36)12-9-29(26)22-46-33-14-11-27(20-32(33)40)34(42)38-47(43,44)25(24)2/h9,11-12,14,16,18-20,24-25,28,31H,4-8,10,13,15,17,21-23H2,1-3H3,(H,38,42)/t24-,25+,28-,31+,35+/m0/s1. The number of benzene rings is 2. The zero-order chi connectivity index (χ0) is 33.2. The number of amides is 1. The van der Waals surface area contributed by atoms with Crippen LogP contribution in [0.15, 0.2) is 48.8 Å². The highest BCUT2D eigenvalue weighted by Crippen LogP contribution is 2.48. The molecule has 1 fully saturated rings. The van der Waals surface area contributed by atoms with Crippen molar-refractivity contribution in [2.75, 3.05) is 25.1 Å². The van der Waals surface area contributed by atoms with Gasteiger partial charge in [0, 0.05) is 37.0 Å². The zero-order valence-electron chi connectivity index (χ0n) is 27.5. The van der Waals surface area contributed by atoms with Crippen LogP contribution in [0, 0.1) is 17.8 Å². The van der Waals surface area contributed by atoms with Gasteiger partial charge in [-0.05, 0) is 111 Å². The topological polar surface area (TPSA) is 116 Å². The lowest BCUT2D eigenvalue weighted by atomic mass is 9.62. The van der Waals surface area contributed by atoms with E-state index in [1.807, 2.05) is 36.0 Å². The molecule has 6 rings (SSSR count). The molecule has 0 radical (unpaired) electrons. The fourth-order valence-electron chi connectivity index (χ4n) is 7.68. The second-order valence-corrected chi connectivity index (χ2v) is 16.1. The average Bonchev–Trinajstić information content (AvgIpc) is 3.54. The largest absolute Gasteiger partial charge is 0.487 e. The minimum atomic E-state index is -3.93. The van der Waals surface area contributed by atoms with Gasteiger partial charge >= 0.3 is 0 Å². The van der Waals surface area contributed by atoms with Crippen molar-refractivity contribution in [3.05, 3.63) is 70.5 Å². The number of aromatic nitrogens is 3. The third kappa shape index (κ3) is 7.32. The second-order valence-electron chi connectivity index (χ2n) is 13.7. The van der Waals surface area contributed by atoms with E-state index in [-0.39, 0.29) is 17.4 Å². The summed E-state index contributed by atoms with van der Waals surface area (Å²) < 4.78 is 44.1. The third-order valence-corrected chi connectivity index (χ3v) is 13.0. The van der Waals surface area contributed by atoms with Gasteiger partial charge in [-0.15, -0.1) is 5.10 Å². The summed E-state index contributed by atoms with van der Waals surface area (Å²) in [5.41, 5.74) is 2.86. The molecule has 1 saturated carbocycles. The van der Waals surface area contributed by atoms with Gasteiger partial charge in [-0.25, -0.2) is 17.8 Å². The first-order chi connectivity index (χ1) is 22.6. The summed E-state index contributed by atoms with van der Waals surface area (Å²) in [6.07, 6.45) is 10.7. The number of carbonyl (C=O) groups excluding carboxylic acids is 1. The Kier molecular flexibility index (Phi) is 10.2. The first-order valence-electron chi connectivity index (χ1n) is 16.8. The first-order valence-corrected chi connectivity index (χ1v) is 18.8. The number of halogens is 1. The van der Waals surface area contributed by atoms with Crippen LogP contribution < -0.4 is 14.4 Å². The summed E-state index contributed by atoms with van der Waals surface area (Å²) in [7, 11) is -2.13. The highest BCUT2D eigenvalue weighted by atomic mass is 35.5. The van der Waals surface area contributed by atoms with Crippen LogP contribution in [0.4, 0.5) is 5.69 Å². The summed E-state index contributed by atoms with van der Waals surface area (Å²) in [6, 6.07) is 11.2. The van der Waals surface area contributed by atoms with Crippen LogP contribution in [0.5, 0.6) is 5.75 Å². The van der Waals surface area contributed by atoms with Crippen LogP contribution in [0.25, 0.3) is 0 Å². The number of fused-ring (bicyclic) bond motifs is 3. The fraction of sp³-hybridized carbons (Fsp3) is 0.571. The molecule has 5 atom stereocenters. The average molecular weight is 684 g/mol. The van der Waals surface area contributed by atoms with Crippen LogP contribution in [0.3, 0.4) is 0 Å². The maximum absolute atomic E-state index is 13.5. The molecule has 3 aromatic rings. The molecule has 1 aliphatic carbocycles. The molecule has 47 heavy (non-hydrogen) atoms. The van der Waals surface area contributed by atoms with E-state index < -0.39 is 26.8 Å². The predicted molar refractivity (Wildman–Crippen MR) is 182 cm³/mol. The van der Waals surface area contributed by atoms with Crippen LogP contribution in [-0.2, 0) is 34.3 Å². The molecule has 0 unspecified atom stereocenters. The highest BCUT2D eigenvalue weighted by Gasteiger charge is 2.49. The maximum atomic E-state index is 13.5. The van der Waals surface area contributed by atoms with Gasteiger partial charge < -0.3 is 14.4 Å². The van der Waals surface area contributed by atoms with Crippen molar-refractivity contribution in [2.24, 2.45) is 17.8 Å². The summed E-state index contributed by atoms with van der Waals surface area (Å²) in [4.78, 5) is 15.8. The van der Waals surface area contributed by atoms with E-state index in [4.69, 9.17) is 21.1 Å². The Balaban J connectivity index is 1.41. The Morgan fingerprint density at radius 3 is 2.68 bits per heavy atom. The molecular formula is C35H46ClN5O5S. The number of carbonyl (C=O) groups is 1.